The third-order valence-electron chi connectivity index (χ3n) is 1.67. The van der Waals surface area contributed by atoms with E-state index in [1.807, 2.05) is 23.9 Å². The standard InChI is InChI=1S/C8H10N2S/c1-5-10-7-4-6(9)2-3-8(7)11-5/h2-5,10H,9H2,1H3. The van der Waals surface area contributed by atoms with Gasteiger partial charge in [0.25, 0.3) is 0 Å². The molecule has 1 atom stereocenters. The fourth-order valence-corrected chi connectivity index (χ4v) is 2.16. The van der Waals surface area contributed by atoms with Crippen LogP contribution in [0.15, 0.2) is 23.1 Å². The first-order chi connectivity index (χ1) is 5.25. The SMILES string of the molecule is CC1Nc2cc(N)ccc2S1. The maximum absolute atomic E-state index is 5.63. The number of nitrogen functional groups attached to an aromatic ring is 1. The molecule has 0 saturated carbocycles. The van der Waals surface area contributed by atoms with Gasteiger partial charge < -0.3 is 11.1 Å². The van der Waals surface area contributed by atoms with Crippen molar-refractivity contribution in [2.24, 2.45) is 0 Å². The molecule has 1 unspecified atom stereocenters. The number of nitrogens with two attached hydrogens (primary N) is 1. The van der Waals surface area contributed by atoms with Crippen molar-refractivity contribution in [1.29, 1.82) is 0 Å². The van der Waals surface area contributed by atoms with Gasteiger partial charge in [0.15, 0.2) is 0 Å². The van der Waals surface area contributed by atoms with Crippen molar-refractivity contribution in [2.45, 2.75) is 17.2 Å². The van der Waals surface area contributed by atoms with Gasteiger partial charge in [-0.25, -0.2) is 0 Å². The van der Waals surface area contributed by atoms with E-state index in [0.717, 1.165) is 5.69 Å². The summed E-state index contributed by atoms with van der Waals surface area (Å²) < 4.78 is 0. The predicted molar refractivity (Wildman–Crippen MR) is 49.8 cm³/mol. The average molecular weight is 166 g/mol. The number of rotatable bonds is 0. The molecule has 0 aliphatic carbocycles. The molecule has 58 valence electrons. The van der Waals surface area contributed by atoms with E-state index in [2.05, 4.69) is 18.3 Å². The Balaban J connectivity index is 2.43. The Morgan fingerprint density at radius 1 is 1.55 bits per heavy atom. The molecule has 1 aliphatic rings. The molecule has 3 N–H and O–H groups in total. The summed E-state index contributed by atoms with van der Waals surface area (Å²) in [4.78, 5) is 1.30. The van der Waals surface area contributed by atoms with E-state index in [1.165, 1.54) is 10.6 Å². The first-order valence-electron chi connectivity index (χ1n) is 3.58. The molecule has 1 aromatic rings. The molecule has 11 heavy (non-hydrogen) atoms. The van der Waals surface area contributed by atoms with Crippen LogP contribution in [0.25, 0.3) is 0 Å². The lowest BCUT2D eigenvalue weighted by Crippen LogP contribution is -2.02. The van der Waals surface area contributed by atoms with Gasteiger partial charge in [-0.2, -0.15) is 0 Å². The Hall–Kier alpha value is -0.830. The molecule has 1 heterocycles. The van der Waals surface area contributed by atoms with E-state index in [0.29, 0.717) is 5.37 Å². The monoisotopic (exact) mass is 166 g/mol. The summed E-state index contributed by atoms with van der Waals surface area (Å²) in [5.41, 5.74) is 7.62. The normalized spacial score (nSPS) is 21.0. The molecular formula is C8H10N2S. The molecule has 0 saturated heterocycles. The van der Waals surface area contributed by atoms with Crippen LogP contribution in [0.1, 0.15) is 6.92 Å². The molecule has 0 aromatic heterocycles. The van der Waals surface area contributed by atoms with Crippen molar-refractivity contribution >= 4 is 23.1 Å². The number of anilines is 2. The third kappa shape index (κ3) is 1.16. The van der Waals surface area contributed by atoms with E-state index in [4.69, 9.17) is 5.73 Å². The summed E-state index contributed by atoms with van der Waals surface area (Å²) in [5, 5.41) is 3.80. The third-order valence-corrected chi connectivity index (χ3v) is 2.75. The lowest BCUT2D eigenvalue weighted by molar-refractivity contribution is 1.15. The molecule has 0 radical (unpaired) electrons. The predicted octanol–water partition coefficient (Wildman–Crippen LogP) is 2.13. The van der Waals surface area contributed by atoms with Crippen LogP contribution in [0, 0.1) is 0 Å². The highest BCUT2D eigenvalue weighted by Crippen LogP contribution is 2.38. The second-order valence-electron chi connectivity index (χ2n) is 2.66. The van der Waals surface area contributed by atoms with Crippen LogP contribution < -0.4 is 11.1 Å². The Kier molecular flexibility index (Phi) is 1.46. The van der Waals surface area contributed by atoms with Crippen LogP contribution in [-0.4, -0.2) is 5.37 Å². The molecule has 2 rings (SSSR count). The lowest BCUT2D eigenvalue weighted by Gasteiger charge is -2.00. The van der Waals surface area contributed by atoms with Crippen LogP contribution in [0.4, 0.5) is 11.4 Å². The first kappa shape index (κ1) is 6.85. The van der Waals surface area contributed by atoms with Crippen molar-refractivity contribution < 1.29 is 0 Å². The molecule has 1 aromatic carbocycles. The minimum atomic E-state index is 0.479. The van der Waals surface area contributed by atoms with E-state index < -0.39 is 0 Å². The molecule has 3 heteroatoms. The first-order valence-corrected chi connectivity index (χ1v) is 4.46. The highest BCUT2D eigenvalue weighted by atomic mass is 32.2. The summed E-state index contributed by atoms with van der Waals surface area (Å²) in [6, 6.07) is 5.98. The highest BCUT2D eigenvalue weighted by molar-refractivity contribution is 8.00. The fraction of sp³-hybridized carbons (Fsp3) is 0.250. The zero-order chi connectivity index (χ0) is 7.84. The average Bonchev–Trinajstić information content (AvgIpc) is 2.27. The summed E-state index contributed by atoms with van der Waals surface area (Å²) in [6.45, 7) is 2.14. The second-order valence-corrected chi connectivity index (χ2v) is 4.04. The largest absolute Gasteiger partial charge is 0.399 e. The van der Waals surface area contributed by atoms with E-state index in [9.17, 15) is 0 Å². The van der Waals surface area contributed by atoms with Gasteiger partial charge in [-0.05, 0) is 25.1 Å². The fourth-order valence-electron chi connectivity index (χ4n) is 1.20. The Bertz CT molecular complexity index is 285. The minimum absolute atomic E-state index is 0.479. The van der Waals surface area contributed by atoms with E-state index in [-0.39, 0.29) is 0 Å². The zero-order valence-corrected chi connectivity index (χ0v) is 7.11. The van der Waals surface area contributed by atoms with Gasteiger partial charge in [-0.1, -0.05) is 11.8 Å². The van der Waals surface area contributed by atoms with Gasteiger partial charge in [-0.3, -0.25) is 0 Å². The van der Waals surface area contributed by atoms with Crippen molar-refractivity contribution in [3.63, 3.8) is 0 Å². The van der Waals surface area contributed by atoms with Crippen molar-refractivity contribution in [2.75, 3.05) is 11.1 Å². The number of hydrogen-bond acceptors (Lipinski definition) is 3. The van der Waals surface area contributed by atoms with Crippen LogP contribution in [0.3, 0.4) is 0 Å². The van der Waals surface area contributed by atoms with Crippen LogP contribution in [0.2, 0.25) is 0 Å². The van der Waals surface area contributed by atoms with Crippen LogP contribution >= 0.6 is 11.8 Å². The van der Waals surface area contributed by atoms with Crippen LogP contribution in [0.5, 0.6) is 0 Å². The summed E-state index contributed by atoms with van der Waals surface area (Å²) in [6.07, 6.45) is 0. The number of hydrogen-bond donors (Lipinski definition) is 2. The maximum Gasteiger partial charge on any atom is 0.0741 e. The van der Waals surface area contributed by atoms with Gasteiger partial charge >= 0.3 is 0 Å². The lowest BCUT2D eigenvalue weighted by atomic mass is 10.3. The summed E-state index contributed by atoms with van der Waals surface area (Å²) in [7, 11) is 0. The zero-order valence-electron chi connectivity index (χ0n) is 6.29. The highest BCUT2D eigenvalue weighted by Gasteiger charge is 2.16. The minimum Gasteiger partial charge on any atom is -0.399 e. The molecule has 0 fully saturated rings. The van der Waals surface area contributed by atoms with Gasteiger partial charge in [0.05, 0.1) is 11.1 Å². The second kappa shape index (κ2) is 2.34. The van der Waals surface area contributed by atoms with Gasteiger partial charge in [0.2, 0.25) is 0 Å². The summed E-state index contributed by atoms with van der Waals surface area (Å²) in [5.74, 6) is 0. The van der Waals surface area contributed by atoms with Crippen LogP contribution in [-0.2, 0) is 0 Å². The van der Waals surface area contributed by atoms with Crippen molar-refractivity contribution in [3.8, 4) is 0 Å². The van der Waals surface area contributed by atoms with Crippen molar-refractivity contribution in [3.05, 3.63) is 18.2 Å². The molecule has 0 bridgehead atoms. The number of thioether (sulfide) groups is 1. The smallest absolute Gasteiger partial charge is 0.0741 e. The Labute approximate surface area is 70.2 Å². The van der Waals surface area contributed by atoms with E-state index >= 15 is 0 Å². The number of benzene rings is 1. The van der Waals surface area contributed by atoms with E-state index in [1.54, 1.807) is 0 Å². The Morgan fingerprint density at radius 3 is 3.18 bits per heavy atom. The quantitative estimate of drug-likeness (QED) is 0.580. The molecular weight excluding hydrogens is 156 g/mol. The molecule has 0 spiro atoms. The molecule has 2 nitrogen and oxygen atoms in total. The van der Waals surface area contributed by atoms with Gasteiger partial charge in [0.1, 0.15) is 0 Å². The molecule has 1 aliphatic heterocycles. The molecule has 0 amide bonds. The maximum atomic E-state index is 5.63. The Morgan fingerprint density at radius 2 is 2.36 bits per heavy atom. The summed E-state index contributed by atoms with van der Waals surface area (Å²) >= 11 is 1.83. The number of nitrogens with one attached hydrogen (secondary N) is 1. The topological polar surface area (TPSA) is 38.0 Å². The van der Waals surface area contributed by atoms with Gasteiger partial charge in [-0.15, -0.1) is 0 Å². The van der Waals surface area contributed by atoms with Crippen molar-refractivity contribution in [1.82, 2.24) is 0 Å². The van der Waals surface area contributed by atoms with Gasteiger partial charge in [0, 0.05) is 10.6 Å². The number of fused-ring (bicyclic) bond motifs is 1.